The molecule has 0 radical (unpaired) electrons. The Morgan fingerprint density at radius 2 is 1.69 bits per heavy atom. The SMILES string of the molecule is O=C(NC1CN(C2CN(C(=O)c3cc4cc(C(F)(F)F)ccc4s3)C2)C1)c1ccccc1. The first-order chi connectivity index (χ1) is 15.3. The van der Waals surface area contributed by atoms with Crippen molar-refractivity contribution < 1.29 is 22.8 Å². The Hall–Kier alpha value is -2.91. The fourth-order valence-corrected chi connectivity index (χ4v) is 5.10. The maximum Gasteiger partial charge on any atom is 0.416 e. The van der Waals surface area contributed by atoms with Gasteiger partial charge in [0, 0.05) is 42.5 Å². The van der Waals surface area contributed by atoms with Crippen LogP contribution in [-0.4, -0.2) is 59.9 Å². The van der Waals surface area contributed by atoms with Crippen LogP contribution in [0.25, 0.3) is 10.1 Å². The first-order valence-corrected chi connectivity index (χ1v) is 11.1. The molecular weight excluding hydrogens is 439 g/mol. The highest BCUT2D eigenvalue weighted by Crippen LogP contribution is 2.35. The number of thiophene rings is 1. The minimum Gasteiger partial charge on any atom is -0.347 e. The zero-order chi connectivity index (χ0) is 22.5. The number of halogens is 3. The van der Waals surface area contributed by atoms with Crippen molar-refractivity contribution >= 4 is 33.2 Å². The lowest BCUT2D eigenvalue weighted by molar-refractivity contribution is -0.137. The Morgan fingerprint density at radius 3 is 2.38 bits per heavy atom. The average molecular weight is 459 g/mol. The number of hydrogen-bond acceptors (Lipinski definition) is 4. The molecule has 1 aromatic heterocycles. The van der Waals surface area contributed by atoms with E-state index in [1.54, 1.807) is 23.1 Å². The summed E-state index contributed by atoms with van der Waals surface area (Å²) in [4.78, 5) is 29.4. The summed E-state index contributed by atoms with van der Waals surface area (Å²) in [5.41, 5.74) is -0.0745. The molecule has 2 aromatic carbocycles. The average Bonchev–Trinajstić information content (AvgIpc) is 3.14. The third-order valence-electron chi connectivity index (χ3n) is 6.00. The van der Waals surface area contributed by atoms with Crippen molar-refractivity contribution in [3.8, 4) is 0 Å². The molecule has 0 atom stereocenters. The molecule has 1 N–H and O–H groups in total. The fraction of sp³-hybridized carbons (Fsp3) is 0.304. The fourth-order valence-electron chi connectivity index (χ4n) is 4.09. The van der Waals surface area contributed by atoms with E-state index in [-0.39, 0.29) is 23.9 Å². The maximum atomic E-state index is 12.9. The minimum atomic E-state index is -4.40. The number of fused-ring (bicyclic) bond motifs is 1. The largest absolute Gasteiger partial charge is 0.416 e. The van der Waals surface area contributed by atoms with E-state index in [2.05, 4.69) is 10.2 Å². The number of amides is 2. The third kappa shape index (κ3) is 3.98. The van der Waals surface area contributed by atoms with Crippen LogP contribution < -0.4 is 5.32 Å². The van der Waals surface area contributed by atoms with Gasteiger partial charge in [0.25, 0.3) is 11.8 Å². The highest BCUT2D eigenvalue weighted by atomic mass is 32.1. The van der Waals surface area contributed by atoms with Crippen LogP contribution in [0.3, 0.4) is 0 Å². The van der Waals surface area contributed by atoms with E-state index < -0.39 is 11.7 Å². The number of benzene rings is 2. The van der Waals surface area contributed by atoms with Crippen LogP contribution in [0.5, 0.6) is 0 Å². The highest BCUT2D eigenvalue weighted by Gasteiger charge is 2.41. The summed E-state index contributed by atoms with van der Waals surface area (Å²) in [7, 11) is 0. The van der Waals surface area contributed by atoms with Crippen LogP contribution in [-0.2, 0) is 6.18 Å². The molecule has 2 aliphatic rings. The lowest BCUT2D eigenvalue weighted by Gasteiger charge is -2.51. The number of alkyl halides is 3. The van der Waals surface area contributed by atoms with Crippen molar-refractivity contribution in [3.05, 3.63) is 70.6 Å². The van der Waals surface area contributed by atoms with Crippen molar-refractivity contribution in [2.24, 2.45) is 0 Å². The van der Waals surface area contributed by atoms with Crippen molar-refractivity contribution in [1.82, 2.24) is 15.1 Å². The number of rotatable bonds is 4. The summed E-state index contributed by atoms with van der Waals surface area (Å²) in [5.74, 6) is -0.232. The molecule has 0 spiro atoms. The van der Waals surface area contributed by atoms with Gasteiger partial charge in [-0.2, -0.15) is 13.2 Å². The van der Waals surface area contributed by atoms with E-state index in [4.69, 9.17) is 0 Å². The standard InChI is InChI=1S/C23H20F3N3O2S/c24-23(25,26)16-6-7-19-15(8-16)9-20(32-19)22(31)29-12-18(13-29)28-10-17(11-28)27-21(30)14-4-2-1-3-5-14/h1-9,17-18H,10-13H2,(H,27,30). The van der Waals surface area contributed by atoms with Crippen molar-refractivity contribution in [3.63, 3.8) is 0 Å². The molecule has 0 unspecified atom stereocenters. The number of carbonyl (C=O) groups excluding carboxylic acids is 2. The van der Waals surface area contributed by atoms with Crippen molar-refractivity contribution in [2.45, 2.75) is 18.3 Å². The second-order valence-corrected chi connectivity index (χ2v) is 9.30. The predicted molar refractivity (Wildman–Crippen MR) is 116 cm³/mol. The molecule has 2 fully saturated rings. The zero-order valence-corrected chi connectivity index (χ0v) is 17.7. The normalized spacial score (nSPS) is 17.8. The van der Waals surface area contributed by atoms with Gasteiger partial charge in [0.2, 0.25) is 0 Å². The smallest absolute Gasteiger partial charge is 0.347 e. The van der Waals surface area contributed by atoms with E-state index in [1.165, 1.54) is 17.4 Å². The molecule has 3 heterocycles. The van der Waals surface area contributed by atoms with Gasteiger partial charge in [-0.1, -0.05) is 18.2 Å². The van der Waals surface area contributed by atoms with Crippen LogP contribution in [0, 0.1) is 0 Å². The number of carbonyl (C=O) groups is 2. The molecule has 0 bridgehead atoms. The predicted octanol–water partition coefficient (Wildman–Crippen LogP) is 3.86. The second kappa shape index (κ2) is 7.90. The lowest BCUT2D eigenvalue weighted by atomic mass is 9.99. The van der Waals surface area contributed by atoms with Gasteiger partial charge in [0.15, 0.2) is 0 Å². The summed E-state index contributed by atoms with van der Waals surface area (Å²) in [6, 6.07) is 14.5. The van der Waals surface area contributed by atoms with Gasteiger partial charge in [-0.3, -0.25) is 14.5 Å². The van der Waals surface area contributed by atoms with Gasteiger partial charge in [-0.05, 0) is 41.8 Å². The highest BCUT2D eigenvalue weighted by molar-refractivity contribution is 7.20. The summed E-state index contributed by atoms with van der Waals surface area (Å²) < 4.78 is 39.4. The minimum absolute atomic E-state index is 0.0842. The van der Waals surface area contributed by atoms with Crippen LogP contribution in [0.2, 0.25) is 0 Å². The first-order valence-electron chi connectivity index (χ1n) is 10.3. The zero-order valence-electron chi connectivity index (χ0n) is 16.9. The van der Waals surface area contributed by atoms with Gasteiger partial charge in [-0.25, -0.2) is 0 Å². The quantitative estimate of drug-likeness (QED) is 0.645. The van der Waals surface area contributed by atoms with E-state index in [0.29, 0.717) is 33.6 Å². The summed E-state index contributed by atoms with van der Waals surface area (Å²) >= 11 is 1.22. The summed E-state index contributed by atoms with van der Waals surface area (Å²) in [5, 5.41) is 3.45. The Kier molecular flexibility index (Phi) is 5.17. The Bertz CT molecular complexity index is 1170. The van der Waals surface area contributed by atoms with Crippen LogP contribution in [0.15, 0.2) is 54.6 Å². The van der Waals surface area contributed by atoms with Gasteiger partial charge in [0.1, 0.15) is 0 Å². The molecule has 2 aliphatic heterocycles. The maximum absolute atomic E-state index is 12.9. The molecule has 2 saturated heterocycles. The van der Waals surface area contributed by atoms with Crippen LogP contribution in [0.1, 0.15) is 25.6 Å². The molecule has 2 amide bonds. The molecule has 9 heteroatoms. The third-order valence-corrected chi connectivity index (χ3v) is 7.11. The van der Waals surface area contributed by atoms with E-state index in [9.17, 15) is 22.8 Å². The first kappa shape index (κ1) is 21.0. The van der Waals surface area contributed by atoms with Crippen LogP contribution >= 0.6 is 11.3 Å². The van der Waals surface area contributed by atoms with Crippen molar-refractivity contribution in [1.29, 1.82) is 0 Å². The monoisotopic (exact) mass is 459 g/mol. The number of hydrogen-bond donors (Lipinski definition) is 1. The summed E-state index contributed by atoms with van der Waals surface area (Å²) in [6.07, 6.45) is -4.40. The molecule has 3 aromatic rings. The molecule has 0 aliphatic carbocycles. The van der Waals surface area contributed by atoms with E-state index in [1.807, 2.05) is 18.2 Å². The summed E-state index contributed by atoms with van der Waals surface area (Å²) in [6.45, 7) is 2.66. The Morgan fingerprint density at radius 1 is 0.969 bits per heavy atom. The Balaban J connectivity index is 1.13. The Labute approximate surface area is 186 Å². The lowest BCUT2D eigenvalue weighted by Crippen LogP contribution is -2.70. The van der Waals surface area contributed by atoms with Crippen LogP contribution in [0.4, 0.5) is 13.2 Å². The van der Waals surface area contributed by atoms with Gasteiger partial charge >= 0.3 is 6.18 Å². The molecule has 0 saturated carbocycles. The number of nitrogens with zero attached hydrogens (tertiary/aromatic N) is 2. The van der Waals surface area contributed by atoms with Crippen molar-refractivity contribution in [2.75, 3.05) is 26.2 Å². The molecule has 166 valence electrons. The molecule has 5 nitrogen and oxygen atoms in total. The van der Waals surface area contributed by atoms with E-state index in [0.717, 1.165) is 25.2 Å². The van der Waals surface area contributed by atoms with E-state index >= 15 is 0 Å². The molecule has 32 heavy (non-hydrogen) atoms. The topological polar surface area (TPSA) is 52.7 Å². The molecular formula is C23H20F3N3O2S. The second-order valence-electron chi connectivity index (χ2n) is 8.22. The number of likely N-dealkylation sites (tertiary alicyclic amines) is 2. The van der Waals surface area contributed by atoms with Gasteiger partial charge < -0.3 is 10.2 Å². The number of nitrogens with one attached hydrogen (secondary N) is 1. The van der Waals surface area contributed by atoms with Gasteiger partial charge in [0.05, 0.1) is 16.5 Å². The molecule has 5 rings (SSSR count). The van der Waals surface area contributed by atoms with Gasteiger partial charge in [-0.15, -0.1) is 11.3 Å².